The largest absolute Gasteiger partial charge is 0.416 e. The fourth-order valence-electron chi connectivity index (χ4n) is 3.60. The Kier molecular flexibility index (Phi) is 7.07. The van der Waals surface area contributed by atoms with Gasteiger partial charge in [0.25, 0.3) is 0 Å². The van der Waals surface area contributed by atoms with Crippen LogP contribution >= 0.6 is 0 Å². The number of likely N-dealkylation sites (N-methyl/N-ethyl adjacent to an activating group) is 1. The standard InChI is InChI=1S/C23H24F3N9/c1-3-18-30-21(33-22(31-18)35-9-7-34(2)8-10-35)32-20-16(13-27)14-28-19(29-20)12-15-5-4-6-17(11-15)23(24,25)26/h4-6,11,14H,3,7-10,12H2,1-2H3,(H,28,29,30,31,32,33). The maximum absolute atomic E-state index is 13.1. The Hall–Kier alpha value is -3.85. The van der Waals surface area contributed by atoms with Crippen LogP contribution in [0.2, 0.25) is 0 Å². The van der Waals surface area contributed by atoms with Crippen LogP contribution in [0.15, 0.2) is 30.5 Å². The fourth-order valence-corrected chi connectivity index (χ4v) is 3.60. The average molecular weight is 484 g/mol. The van der Waals surface area contributed by atoms with Crippen molar-refractivity contribution in [3.8, 4) is 6.07 Å². The van der Waals surface area contributed by atoms with Crippen molar-refractivity contribution in [2.75, 3.05) is 43.4 Å². The molecule has 1 aromatic carbocycles. The summed E-state index contributed by atoms with van der Waals surface area (Å²) in [5.74, 6) is 1.82. The summed E-state index contributed by atoms with van der Waals surface area (Å²) >= 11 is 0. The summed E-state index contributed by atoms with van der Waals surface area (Å²) in [5, 5.41) is 12.5. The van der Waals surface area contributed by atoms with Crippen molar-refractivity contribution in [1.29, 1.82) is 5.26 Å². The summed E-state index contributed by atoms with van der Waals surface area (Å²) in [6.45, 7) is 5.27. The maximum Gasteiger partial charge on any atom is 0.416 e. The Morgan fingerprint density at radius 3 is 2.51 bits per heavy atom. The van der Waals surface area contributed by atoms with Gasteiger partial charge >= 0.3 is 6.18 Å². The van der Waals surface area contributed by atoms with Crippen molar-refractivity contribution in [3.05, 3.63) is 58.8 Å². The molecule has 2 aromatic heterocycles. The number of nitriles is 1. The first-order chi connectivity index (χ1) is 16.7. The van der Waals surface area contributed by atoms with Crippen molar-refractivity contribution in [2.24, 2.45) is 0 Å². The van der Waals surface area contributed by atoms with Crippen molar-refractivity contribution in [1.82, 2.24) is 29.8 Å². The van der Waals surface area contributed by atoms with E-state index in [0.29, 0.717) is 23.8 Å². The van der Waals surface area contributed by atoms with E-state index in [1.165, 1.54) is 12.3 Å². The maximum atomic E-state index is 13.1. The number of aryl methyl sites for hydroxylation is 1. The van der Waals surface area contributed by atoms with Gasteiger partial charge in [0.2, 0.25) is 11.9 Å². The number of hydrogen-bond donors (Lipinski definition) is 1. The lowest BCUT2D eigenvalue weighted by Gasteiger charge is -2.32. The Morgan fingerprint density at radius 2 is 1.83 bits per heavy atom. The number of aromatic nitrogens is 5. The molecule has 1 aliphatic rings. The molecule has 3 heterocycles. The highest BCUT2D eigenvalue weighted by atomic mass is 19.4. The average Bonchev–Trinajstić information content (AvgIpc) is 2.84. The van der Waals surface area contributed by atoms with Crippen molar-refractivity contribution in [3.63, 3.8) is 0 Å². The van der Waals surface area contributed by atoms with E-state index in [-0.39, 0.29) is 29.6 Å². The number of benzene rings is 1. The van der Waals surface area contributed by atoms with Crippen LogP contribution in [0.1, 0.15) is 35.3 Å². The molecular formula is C23H24F3N9. The molecule has 1 saturated heterocycles. The molecule has 182 valence electrons. The highest BCUT2D eigenvalue weighted by molar-refractivity contribution is 5.58. The van der Waals surface area contributed by atoms with Gasteiger partial charge in [0.05, 0.1) is 11.8 Å². The van der Waals surface area contributed by atoms with E-state index in [1.54, 1.807) is 6.07 Å². The SMILES string of the molecule is CCc1nc(Nc2nc(Cc3cccc(C(F)(F)F)c3)ncc2C#N)nc(N2CCN(C)CC2)n1. The number of halogens is 3. The molecule has 0 atom stereocenters. The minimum Gasteiger partial charge on any atom is -0.338 e. The molecule has 0 bridgehead atoms. The molecular weight excluding hydrogens is 459 g/mol. The van der Waals surface area contributed by atoms with E-state index in [4.69, 9.17) is 0 Å². The zero-order valence-electron chi connectivity index (χ0n) is 19.3. The van der Waals surface area contributed by atoms with Crippen molar-refractivity contribution >= 4 is 17.7 Å². The first-order valence-electron chi connectivity index (χ1n) is 11.1. The molecule has 1 N–H and O–H groups in total. The Balaban J connectivity index is 1.60. The highest BCUT2D eigenvalue weighted by Gasteiger charge is 2.30. The molecule has 9 nitrogen and oxygen atoms in total. The summed E-state index contributed by atoms with van der Waals surface area (Å²) in [6.07, 6.45) is -2.45. The predicted molar refractivity (Wildman–Crippen MR) is 123 cm³/mol. The number of hydrogen-bond acceptors (Lipinski definition) is 9. The first kappa shape index (κ1) is 24.3. The van der Waals surface area contributed by atoms with E-state index < -0.39 is 11.7 Å². The Bertz CT molecular complexity index is 1230. The number of nitrogens with one attached hydrogen (secondary N) is 1. The van der Waals surface area contributed by atoms with E-state index >= 15 is 0 Å². The zero-order chi connectivity index (χ0) is 25.0. The molecule has 1 aliphatic heterocycles. The minimum absolute atomic E-state index is 0.0638. The van der Waals surface area contributed by atoms with Gasteiger partial charge in [-0.15, -0.1) is 0 Å². The fraction of sp³-hybridized carbons (Fsp3) is 0.391. The van der Waals surface area contributed by atoms with Gasteiger partial charge in [0.1, 0.15) is 23.3 Å². The number of nitrogens with zero attached hydrogens (tertiary/aromatic N) is 8. The van der Waals surface area contributed by atoms with Gasteiger partial charge < -0.3 is 15.1 Å². The Labute approximate surface area is 200 Å². The quantitative estimate of drug-likeness (QED) is 0.566. The molecule has 35 heavy (non-hydrogen) atoms. The van der Waals surface area contributed by atoms with Crippen LogP contribution in [-0.2, 0) is 19.0 Å². The van der Waals surface area contributed by atoms with Crippen LogP contribution in [0, 0.1) is 11.3 Å². The summed E-state index contributed by atoms with van der Waals surface area (Å²) in [4.78, 5) is 26.3. The van der Waals surface area contributed by atoms with E-state index in [0.717, 1.165) is 38.3 Å². The highest BCUT2D eigenvalue weighted by Crippen LogP contribution is 2.30. The second kappa shape index (κ2) is 10.2. The molecule has 0 radical (unpaired) electrons. The molecule has 4 rings (SSSR count). The Morgan fingerprint density at radius 1 is 1.06 bits per heavy atom. The van der Waals surface area contributed by atoms with Gasteiger partial charge in [0, 0.05) is 39.0 Å². The molecule has 0 amide bonds. The van der Waals surface area contributed by atoms with Gasteiger partial charge in [-0.2, -0.15) is 33.4 Å². The lowest BCUT2D eigenvalue weighted by Crippen LogP contribution is -2.45. The lowest BCUT2D eigenvalue weighted by molar-refractivity contribution is -0.137. The summed E-state index contributed by atoms with van der Waals surface area (Å²) in [7, 11) is 2.06. The van der Waals surface area contributed by atoms with Gasteiger partial charge in [-0.25, -0.2) is 9.97 Å². The third kappa shape index (κ3) is 5.99. The first-order valence-corrected chi connectivity index (χ1v) is 11.1. The number of anilines is 3. The normalized spacial score (nSPS) is 14.6. The molecule has 12 heteroatoms. The van der Waals surface area contributed by atoms with Crippen LogP contribution in [0.3, 0.4) is 0 Å². The van der Waals surface area contributed by atoms with Gasteiger partial charge in [-0.3, -0.25) is 0 Å². The number of piperazine rings is 1. The van der Waals surface area contributed by atoms with E-state index in [1.807, 2.05) is 13.0 Å². The van der Waals surface area contributed by atoms with Crippen LogP contribution < -0.4 is 10.2 Å². The van der Waals surface area contributed by atoms with Crippen LogP contribution in [0.5, 0.6) is 0 Å². The zero-order valence-corrected chi connectivity index (χ0v) is 19.3. The number of rotatable bonds is 6. The third-order valence-corrected chi connectivity index (χ3v) is 5.58. The van der Waals surface area contributed by atoms with Crippen molar-refractivity contribution < 1.29 is 13.2 Å². The third-order valence-electron chi connectivity index (χ3n) is 5.58. The topological polar surface area (TPSA) is 107 Å². The van der Waals surface area contributed by atoms with E-state index in [2.05, 4.69) is 47.1 Å². The van der Waals surface area contributed by atoms with Gasteiger partial charge in [-0.1, -0.05) is 25.1 Å². The molecule has 0 saturated carbocycles. The molecule has 0 aliphatic carbocycles. The van der Waals surface area contributed by atoms with Crippen LogP contribution in [-0.4, -0.2) is 63.0 Å². The summed E-state index contributed by atoms with van der Waals surface area (Å²) < 4.78 is 39.2. The predicted octanol–water partition coefficient (Wildman–Crippen LogP) is 3.20. The summed E-state index contributed by atoms with van der Waals surface area (Å²) in [5.41, 5.74) is -0.172. The number of alkyl halides is 3. The summed E-state index contributed by atoms with van der Waals surface area (Å²) in [6, 6.07) is 7.02. The second-order valence-electron chi connectivity index (χ2n) is 8.18. The van der Waals surface area contributed by atoms with Crippen LogP contribution in [0.4, 0.5) is 30.9 Å². The van der Waals surface area contributed by atoms with E-state index in [9.17, 15) is 18.4 Å². The molecule has 0 unspecified atom stereocenters. The molecule has 0 spiro atoms. The monoisotopic (exact) mass is 483 g/mol. The molecule has 1 fully saturated rings. The smallest absolute Gasteiger partial charge is 0.338 e. The minimum atomic E-state index is -4.44. The van der Waals surface area contributed by atoms with Crippen molar-refractivity contribution in [2.45, 2.75) is 25.9 Å². The van der Waals surface area contributed by atoms with Gasteiger partial charge in [-0.05, 0) is 18.7 Å². The van der Waals surface area contributed by atoms with Gasteiger partial charge in [0.15, 0.2) is 5.82 Å². The molecule has 3 aromatic rings. The second-order valence-corrected chi connectivity index (χ2v) is 8.18. The van der Waals surface area contributed by atoms with Crippen LogP contribution in [0.25, 0.3) is 0 Å². The lowest BCUT2D eigenvalue weighted by atomic mass is 10.1.